The van der Waals surface area contributed by atoms with Crippen LogP contribution in [0.3, 0.4) is 0 Å². The second kappa shape index (κ2) is 6.18. The summed E-state index contributed by atoms with van der Waals surface area (Å²) in [7, 11) is -3.39. The van der Waals surface area contributed by atoms with Gasteiger partial charge in [-0.05, 0) is 43.0 Å². The fraction of sp³-hybridized carbons (Fsp3) is 0.250. The Morgan fingerprint density at radius 1 is 1.05 bits per heavy atom. The first-order chi connectivity index (χ1) is 9.87. The van der Waals surface area contributed by atoms with Gasteiger partial charge < -0.3 is 5.73 Å². The zero-order chi connectivity index (χ0) is 15.5. The maximum atomic E-state index is 12.2. The highest BCUT2D eigenvalue weighted by atomic mass is 32.2. The van der Waals surface area contributed by atoms with Crippen molar-refractivity contribution < 1.29 is 8.42 Å². The average Bonchev–Trinajstić information content (AvgIpc) is 2.44. The fourth-order valence-corrected chi connectivity index (χ4v) is 3.26. The van der Waals surface area contributed by atoms with E-state index >= 15 is 0 Å². The zero-order valence-corrected chi connectivity index (χ0v) is 13.1. The van der Waals surface area contributed by atoms with Crippen LogP contribution in [0.2, 0.25) is 0 Å². The first kappa shape index (κ1) is 15.4. The quantitative estimate of drug-likeness (QED) is 0.834. The molecule has 0 bridgehead atoms. The van der Waals surface area contributed by atoms with Crippen LogP contribution in [-0.2, 0) is 16.4 Å². The lowest BCUT2D eigenvalue weighted by atomic mass is 10.1. The summed E-state index contributed by atoms with van der Waals surface area (Å²) in [4.78, 5) is 0. The topological polar surface area (TPSA) is 72.2 Å². The molecule has 4 nitrogen and oxygen atoms in total. The van der Waals surface area contributed by atoms with Crippen LogP contribution in [0.15, 0.2) is 42.5 Å². The van der Waals surface area contributed by atoms with Crippen molar-refractivity contribution >= 4 is 21.4 Å². The molecule has 0 amide bonds. The van der Waals surface area contributed by atoms with Gasteiger partial charge >= 0.3 is 0 Å². The molecule has 2 rings (SSSR count). The van der Waals surface area contributed by atoms with Crippen LogP contribution in [-0.4, -0.2) is 14.2 Å². The Morgan fingerprint density at radius 3 is 2.38 bits per heavy atom. The maximum absolute atomic E-state index is 12.2. The van der Waals surface area contributed by atoms with Crippen LogP contribution in [0.1, 0.15) is 16.7 Å². The van der Waals surface area contributed by atoms with E-state index in [0.717, 1.165) is 16.7 Å². The van der Waals surface area contributed by atoms with Crippen molar-refractivity contribution in [2.24, 2.45) is 0 Å². The lowest BCUT2D eigenvalue weighted by molar-refractivity contribution is 0.600. The normalized spacial score (nSPS) is 11.3. The van der Waals surface area contributed by atoms with Gasteiger partial charge in [0.2, 0.25) is 10.0 Å². The van der Waals surface area contributed by atoms with Crippen molar-refractivity contribution in [2.45, 2.75) is 20.3 Å². The highest BCUT2D eigenvalue weighted by molar-refractivity contribution is 7.92. The molecule has 21 heavy (non-hydrogen) atoms. The van der Waals surface area contributed by atoms with Crippen molar-refractivity contribution in [3.8, 4) is 0 Å². The van der Waals surface area contributed by atoms with E-state index in [1.54, 1.807) is 6.07 Å². The number of nitrogen functional groups attached to an aromatic ring is 1. The molecule has 5 heteroatoms. The Hall–Kier alpha value is -2.01. The molecule has 0 radical (unpaired) electrons. The minimum Gasteiger partial charge on any atom is -0.398 e. The second-order valence-electron chi connectivity index (χ2n) is 5.18. The van der Waals surface area contributed by atoms with E-state index in [9.17, 15) is 8.42 Å². The van der Waals surface area contributed by atoms with E-state index < -0.39 is 10.0 Å². The molecule has 0 atom stereocenters. The Morgan fingerprint density at radius 2 is 1.71 bits per heavy atom. The molecule has 112 valence electrons. The summed E-state index contributed by atoms with van der Waals surface area (Å²) in [5.41, 5.74) is 9.78. The number of hydrogen-bond acceptors (Lipinski definition) is 3. The standard InChI is InChI=1S/C16H20N2O2S/c1-12-10-13(2)16(11-15(12)17)18-21(19,20)9-8-14-6-4-3-5-7-14/h3-7,10-11,18H,8-9,17H2,1-2H3. The van der Waals surface area contributed by atoms with Gasteiger partial charge in [-0.25, -0.2) is 8.42 Å². The van der Waals surface area contributed by atoms with Gasteiger partial charge in [-0.15, -0.1) is 0 Å². The second-order valence-corrected chi connectivity index (χ2v) is 7.02. The molecule has 0 saturated carbocycles. The third-order valence-electron chi connectivity index (χ3n) is 3.38. The minimum absolute atomic E-state index is 0.0459. The number of rotatable bonds is 5. The first-order valence-corrected chi connectivity index (χ1v) is 8.44. The SMILES string of the molecule is Cc1cc(C)c(NS(=O)(=O)CCc2ccccc2)cc1N. The van der Waals surface area contributed by atoms with Crippen molar-refractivity contribution in [1.82, 2.24) is 0 Å². The third-order valence-corrected chi connectivity index (χ3v) is 4.65. The number of nitrogens with two attached hydrogens (primary N) is 1. The summed E-state index contributed by atoms with van der Waals surface area (Å²) >= 11 is 0. The van der Waals surface area contributed by atoms with Gasteiger partial charge in [-0.1, -0.05) is 36.4 Å². The summed E-state index contributed by atoms with van der Waals surface area (Å²) in [5, 5.41) is 0. The summed E-state index contributed by atoms with van der Waals surface area (Å²) in [5.74, 6) is 0.0459. The van der Waals surface area contributed by atoms with Crippen LogP contribution in [0.4, 0.5) is 11.4 Å². The van der Waals surface area contributed by atoms with E-state index in [4.69, 9.17) is 5.73 Å². The summed E-state index contributed by atoms with van der Waals surface area (Å²) in [6, 6.07) is 13.1. The molecular weight excluding hydrogens is 284 g/mol. The lowest BCUT2D eigenvalue weighted by Crippen LogP contribution is -2.19. The number of aryl methyl sites for hydroxylation is 3. The molecule has 2 aromatic rings. The van der Waals surface area contributed by atoms with E-state index in [-0.39, 0.29) is 5.75 Å². The van der Waals surface area contributed by atoms with Crippen LogP contribution in [0, 0.1) is 13.8 Å². The summed E-state index contributed by atoms with van der Waals surface area (Å²) < 4.78 is 27.0. The Labute approximate surface area is 126 Å². The molecule has 0 saturated heterocycles. The van der Waals surface area contributed by atoms with Crippen LogP contribution in [0.5, 0.6) is 0 Å². The van der Waals surface area contributed by atoms with Gasteiger partial charge in [-0.3, -0.25) is 4.72 Å². The number of nitrogens with one attached hydrogen (secondary N) is 1. The third kappa shape index (κ3) is 4.23. The maximum Gasteiger partial charge on any atom is 0.233 e. The zero-order valence-electron chi connectivity index (χ0n) is 12.3. The van der Waals surface area contributed by atoms with Crippen molar-refractivity contribution in [3.05, 3.63) is 59.2 Å². The summed E-state index contributed by atoms with van der Waals surface area (Å²) in [6.07, 6.45) is 0.483. The predicted molar refractivity (Wildman–Crippen MR) is 87.9 cm³/mol. The Balaban J connectivity index is 2.09. The molecular formula is C16H20N2O2S. The Kier molecular flexibility index (Phi) is 4.53. The van der Waals surface area contributed by atoms with Gasteiger partial charge in [0.25, 0.3) is 0 Å². The van der Waals surface area contributed by atoms with Gasteiger partial charge in [0.15, 0.2) is 0 Å². The minimum atomic E-state index is -3.39. The predicted octanol–water partition coefficient (Wildman–Crippen LogP) is 2.87. The molecule has 0 unspecified atom stereocenters. The lowest BCUT2D eigenvalue weighted by Gasteiger charge is -2.12. The molecule has 2 aromatic carbocycles. The molecule has 0 aromatic heterocycles. The first-order valence-electron chi connectivity index (χ1n) is 6.78. The van der Waals surface area contributed by atoms with E-state index in [0.29, 0.717) is 17.8 Å². The smallest absolute Gasteiger partial charge is 0.233 e. The van der Waals surface area contributed by atoms with Crippen LogP contribution in [0.25, 0.3) is 0 Å². The molecule has 0 aliphatic heterocycles. The summed E-state index contributed by atoms with van der Waals surface area (Å²) in [6.45, 7) is 3.76. The van der Waals surface area contributed by atoms with Gasteiger partial charge in [0.1, 0.15) is 0 Å². The highest BCUT2D eigenvalue weighted by Gasteiger charge is 2.13. The largest absolute Gasteiger partial charge is 0.398 e. The van der Waals surface area contributed by atoms with Gasteiger partial charge in [0, 0.05) is 5.69 Å². The number of sulfonamides is 1. The van der Waals surface area contributed by atoms with Crippen LogP contribution < -0.4 is 10.5 Å². The molecule has 0 heterocycles. The number of benzene rings is 2. The molecule has 0 aliphatic carbocycles. The van der Waals surface area contributed by atoms with Crippen LogP contribution >= 0.6 is 0 Å². The van der Waals surface area contributed by atoms with Gasteiger partial charge in [-0.2, -0.15) is 0 Å². The average molecular weight is 304 g/mol. The highest BCUT2D eigenvalue weighted by Crippen LogP contribution is 2.23. The van der Waals surface area contributed by atoms with Crippen molar-refractivity contribution in [3.63, 3.8) is 0 Å². The van der Waals surface area contributed by atoms with E-state index in [1.165, 1.54) is 0 Å². The monoisotopic (exact) mass is 304 g/mol. The van der Waals surface area contributed by atoms with Gasteiger partial charge in [0.05, 0.1) is 11.4 Å². The molecule has 0 fully saturated rings. The molecule has 0 spiro atoms. The molecule has 0 aliphatic rings. The number of hydrogen-bond donors (Lipinski definition) is 2. The molecule has 3 N–H and O–H groups in total. The Bertz CT molecular complexity index is 725. The number of anilines is 2. The van der Waals surface area contributed by atoms with Crippen molar-refractivity contribution in [1.29, 1.82) is 0 Å². The van der Waals surface area contributed by atoms with E-state index in [2.05, 4.69) is 4.72 Å². The van der Waals surface area contributed by atoms with E-state index in [1.807, 2.05) is 50.2 Å². The van der Waals surface area contributed by atoms with Crippen molar-refractivity contribution in [2.75, 3.05) is 16.2 Å². The fourth-order valence-electron chi connectivity index (χ4n) is 2.09.